The van der Waals surface area contributed by atoms with E-state index in [1.165, 1.54) is 6.26 Å². The van der Waals surface area contributed by atoms with E-state index in [4.69, 9.17) is 19.4 Å². The van der Waals surface area contributed by atoms with Crippen LogP contribution in [-0.2, 0) is 18.8 Å². The lowest BCUT2D eigenvalue weighted by molar-refractivity contribution is 0.0985. The minimum absolute atomic E-state index is 0.0631. The number of hydrogen-bond donors (Lipinski definition) is 2. The first-order valence-corrected chi connectivity index (χ1v) is 17.2. The van der Waals surface area contributed by atoms with Crippen molar-refractivity contribution in [1.82, 2.24) is 15.0 Å². The summed E-state index contributed by atoms with van der Waals surface area (Å²) < 4.78 is 37.1. The number of carbonyl (C=O) groups excluding carboxylic acids is 1. The fraction of sp³-hybridized carbons (Fsp3) is 0.333. The van der Waals surface area contributed by atoms with E-state index >= 15 is 0 Å². The molecule has 1 saturated carbocycles. The summed E-state index contributed by atoms with van der Waals surface area (Å²) in [5, 5.41) is 2.91. The largest absolute Gasteiger partial charge is 0.417 e. The standard InChI is InChI=1S/C33H37N5O5S/c1-24-23-42-21-20-38(24)29-22-28(33(17-7-8-18-33)44(2,40,41)30-12-6-9-19-34-30)36-31(37-29)25-13-15-26(16-14-25)35-32(39)43-27-10-4-3-5-11-27/h3-6,9-16,19,22,24H,7-8,17-18,20-21,23H2,1-2H3,(H,35,39)(H,40,41)/t24-/m0/s1. The average Bonchev–Trinajstić information content (AvgIpc) is 3.55. The number of benzene rings is 2. The van der Waals surface area contributed by atoms with E-state index < -0.39 is 20.2 Å². The molecule has 44 heavy (non-hydrogen) atoms. The molecule has 2 N–H and O–H groups in total. The van der Waals surface area contributed by atoms with Gasteiger partial charge in [0.05, 0.1) is 24.9 Å². The third kappa shape index (κ3) is 5.58. The fourth-order valence-corrected chi connectivity index (χ4v) is 9.17. The molecule has 4 aromatic rings. The van der Waals surface area contributed by atoms with E-state index in [-0.39, 0.29) is 11.1 Å². The maximum absolute atomic E-state index is 14.9. The Morgan fingerprint density at radius 1 is 1.05 bits per heavy atom. The van der Waals surface area contributed by atoms with Crippen molar-refractivity contribution in [3.63, 3.8) is 0 Å². The predicted molar refractivity (Wildman–Crippen MR) is 171 cm³/mol. The Labute approximate surface area is 257 Å². The molecule has 1 aliphatic carbocycles. The first-order chi connectivity index (χ1) is 21.1. The van der Waals surface area contributed by atoms with Gasteiger partial charge in [-0.05, 0) is 68.3 Å². The van der Waals surface area contributed by atoms with Gasteiger partial charge in [-0.2, -0.15) is 0 Å². The molecule has 1 amide bonds. The lowest BCUT2D eigenvalue weighted by atomic mass is 10.0. The number of aromatic nitrogens is 3. The zero-order valence-corrected chi connectivity index (χ0v) is 25.7. The minimum atomic E-state index is -4.55. The van der Waals surface area contributed by atoms with Gasteiger partial charge in [-0.1, -0.05) is 37.1 Å². The molecule has 1 atom stereocenters. The third-order valence-corrected chi connectivity index (χ3v) is 12.3. The molecule has 1 aliphatic heterocycles. The molecule has 10 nitrogen and oxygen atoms in total. The molecule has 1 saturated heterocycles. The van der Waals surface area contributed by atoms with E-state index in [0.717, 1.165) is 12.8 Å². The zero-order valence-electron chi connectivity index (χ0n) is 24.9. The van der Waals surface area contributed by atoms with Gasteiger partial charge >= 0.3 is 6.09 Å². The molecule has 0 radical (unpaired) electrons. The van der Waals surface area contributed by atoms with Crippen LogP contribution in [0.5, 0.6) is 5.75 Å². The van der Waals surface area contributed by atoms with E-state index in [0.29, 0.717) is 66.9 Å². The van der Waals surface area contributed by atoms with Gasteiger partial charge in [0, 0.05) is 36.3 Å². The monoisotopic (exact) mass is 615 g/mol. The third-order valence-electron chi connectivity index (χ3n) is 8.65. The van der Waals surface area contributed by atoms with Crippen LogP contribution in [0.1, 0.15) is 38.3 Å². The lowest BCUT2D eigenvalue weighted by Crippen LogP contribution is -2.52. The van der Waals surface area contributed by atoms with E-state index in [1.54, 1.807) is 60.8 Å². The number of rotatable bonds is 7. The van der Waals surface area contributed by atoms with Crippen molar-refractivity contribution in [2.75, 3.05) is 36.2 Å². The highest BCUT2D eigenvalue weighted by Gasteiger charge is 2.54. The number of anilines is 2. The number of nitrogens with zero attached hydrogens (tertiary/aromatic N) is 4. The molecule has 11 heteroatoms. The summed E-state index contributed by atoms with van der Waals surface area (Å²) in [6.45, 7) is 3.83. The van der Waals surface area contributed by atoms with E-state index in [2.05, 4.69) is 22.1 Å². The van der Waals surface area contributed by atoms with Crippen LogP contribution in [0.15, 0.2) is 90.1 Å². The summed E-state index contributed by atoms with van der Waals surface area (Å²) in [6, 6.07) is 23.1. The molecule has 230 valence electrons. The Balaban J connectivity index is 1.40. The Bertz CT molecular complexity index is 1690. The molecule has 2 aromatic carbocycles. The van der Waals surface area contributed by atoms with Crippen molar-refractivity contribution in [2.45, 2.75) is 48.4 Å². The van der Waals surface area contributed by atoms with E-state index in [1.807, 2.05) is 24.3 Å². The normalized spacial score (nSPS) is 19.1. The zero-order chi connectivity index (χ0) is 30.8. The highest BCUT2D eigenvalue weighted by atomic mass is 32.3. The predicted octanol–water partition coefficient (Wildman–Crippen LogP) is 6.13. The minimum Gasteiger partial charge on any atom is -0.410 e. The second kappa shape index (κ2) is 11.7. The molecule has 0 spiro atoms. The van der Waals surface area contributed by atoms with Gasteiger partial charge in [0.1, 0.15) is 21.3 Å². The van der Waals surface area contributed by atoms with Crippen molar-refractivity contribution in [3.8, 4) is 17.1 Å². The topological polar surface area (TPSA) is 127 Å². The van der Waals surface area contributed by atoms with Crippen LogP contribution in [0.4, 0.5) is 16.3 Å². The number of morpholine rings is 1. The maximum atomic E-state index is 14.9. The van der Waals surface area contributed by atoms with Crippen molar-refractivity contribution in [1.29, 1.82) is 0 Å². The maximum Gasteiger partial charge on any atom is 0.417 e. The smallest absolute Gasteiger partial charge is 0.410 e. The number of para-hydroxylation sites is 1. The molecule has 2 aliphatic rings. The van der Waals surface area contributed by atoms with E-state index in [9.17, 15) is 13.6 Å². The number of nitrogens with one attached hydrogen (secondary N) is 1. The van der Waals surface area contributed by atoms with Crippen molar-refractivity contribution in [2.24, 2.45) is 0 Å². The van der Waals surface area contributed by atoms with Crippen LogP contribution in [0.25, 0.3) is 11.4 Å². The highest BCUT2D eigenvalue weighted by Crippen LogP contribution is 2.57. The number of carbonyl (C=O) groups is 1. The van der Waals surface area contributed by atoms with Crippen LogP contribution in [0, 0.1) is 0 Å². The molecular weight excluding hydrogens is 578 g/mol. The van der Waals surface area contributed by atoms with Crippen LogP contribution in [-0.4, -0.2) is 61.9 Å². The summed E-state index contributed by atoms with van der Waals surface area (Å²) in [6.07, 6.45) is 5.01. The van der Waals surface area contributed by atoms with Crippen LogP contribution >= 0.6 is 0 Å². The molecule has 2 aromatic heterocycles. The molecule has 0 unspecified atom stereocenters. The van der Waals surface area contributed by atoms with Gasteiger partial charge in [-0.3, -0.25) is 9.87 Å². The first-order valence-electron chi connectivity index (χ1n) is 14.8. The number of amides is 1. The molecular formula is C33H37N5O5S. The summed E-state index contributed by atoms with van der Waals surface area (Å²) in [7, 11) is -4.55. The Morgan fingerprint density at radius 3 is 2.45 bits per heavy atom. The van der Waals surface area contributed by atoms with Crippen LogP contribution in [0.3, 0.4) is 0 Å². The molecule has 6 rings (SSSR count). The van der Waals surface area contributed by atoms with Gasteiger partial charge in [-0.15, -0.1) is 9.35 Å². The number of ether oxygens (including phenoxy) is 2. The molecule has 2 fully saturated rings. The second-order valence-electron chi connectivity index (χ2n) is 11.6. The highest BCUT2D eigenvalue weighted by molar-refractivity contribution is 8.15. The van der Waals surface area contributed by atoms with Gasteiger partial charge in [0.15, 0.2) is 5.82 Å². The first kappa shape index (κ1) is 29.9. The Hall–Kier alpha value is -4.19. The van der Waals surface area contributed by atoms with Gasteiger partial charge in [0.2, 0.25) is 0 Å². The summed E-state index contributed by atoms with van der Waals surface area (Å²) >= 11 is 0. The summed E-state index contributed by atoms with van der Waals surface area (Å²) in [5.74, 6) is 1.56. The lowest BCUT2D eigenvalue weighted by Gasteiger charge is -2.52. The van der Waals surface area contributed by atoms with Gasteiger partial charge in [-0.25, -0.2) is 24.0 Å². The van der Waals surface area contributed by atoms with Crippen LogP contribution in [0.2, 0.25) is 0 Å². The molecule has 3 heterocycles. The second-order valence-corrected chi connectivity index (χ2v) is 15.4. The Morgan fingerprint density at radius 2 is 1.77 bits per heavy atom. The van der Waals surface area contributed by atoms with Crippen molar-refractivity contribution in [3.05, 3.63) is 90.8 Å². The fourth-order valence-electron chi connectivity index (χ4n) is 6.21. The average molecular weight is 616 g/mol. The quantitative estimate of drug-likeness (QED) is 0.253. The van der Waals surface area contributed by atoms with Crippen molar-refractivity contribution >= 4 is 26.9 Å². The molecule has 0 bridgehead atoms. The number of pyridine rings is 1. The summed E-state index contributed by atoms with van der Waals surface area (Å²) in [4.78, 5) is 29.0. The Kier molecular flexibility index (Phi) is 7.95. The number of hydrogen-bond acceptors (Lipinski definition) is 8. The van der Waals surface area contributed by atoms with Gasteiger partial charge in [0.25, 0.3) is 0 Å². The van der Waals surface area contributed by atoms with Crippen molar-refractivity contribution < 1.29 is 23.0 Å². The van der Waals surface area contributed by atoms with Gasteiger partial charge < -0.3 is 14.4 Å². The SMILES string of the molecule is C[C@H]1COCCN1c1cc(C2(S(C)(=O)(O)c3ccccn3)CCCC2)nc(-c2ccc(NC(=O)Oc3ccccc3)cc2)n1. The summed E-state index contributed by atoms with van der Waals surface area (Å²) in [5.41, 5.74) is 1.79. The van der Waals surface area contributed by atoms with Crippen LogP contribution < -0.4 is 15.0 Å².